The molecule has 0 unspecified atom stereocenters. The van der Waals surface area contributed by atoms with Crippen LogP contribution in [0, 0.1) is 19.7 Å². The second kappa shape index (κ2) is 5.95. The summed E-state index contributed by atoms with van der Waals surface area (Å²) in [4.78, 5) is 24.2. The fourth-order valence-corrected chi connectivity index (χ4v) is 3.35. The molecule has 0 aliphatic heterocycles. The molecule has 1 heterocycles. The molecule has 0 atom stereocenters. The number of carboxylic acid groups (broad SMARTS) is 1. The summed E-state index contributed by atoms with van der Waals surface area (Å²) in [5.74, 6) is -2.21. The summed E-state index contributed by atoms with van der Waals surface area (Å²) in [6.07, 6.45) is 0. The van der Waals surface area contributed by atoms with Gasteiger partial charge in [-0.15, -0.1) is 11.3 Å². The van der Waals surface area contributed by atoms with Crippen LogP contribution in [0.5, 0.6) is 0 Å². The average Bonchev–Trinajstić information content (AvgIpc) is 2.63. The van der Waals surface area contributed by atoms with Gasteiger partial charge in [0.25, 0.3) is 5.91 Å². The Labute approximate surface area is 132 Å². The molecular formula is C14H11BrFNO3S. The first kappa shape index (κ1) is 15.7. The van der Waals surface area contributed by atoms with Crippen molar-refractivity contribution < 1.29 is 19.1 Å². The minimum Gasteiger partial charge on any atom is -0.478 e. The molecule has 1 aromatic carbocycles. The zero-order valence-electron chi connectivity index (χ0n) is 11.2. The third-order valence-electron chi connectivity index (χ3n) is 2.95. The Morgan fingerprint density at radius 2 is 1.95 bits per heavy atom. The third-order valence-corrected chi connectivity index (χ3v) is 4.53. The molecular weight excluding hydrogens is 361 g/mol. The van der Waals surface area contributed by atoms with Crippen molar-refractivity contribution in [1.82, 2.24) is 0 Å². The van der Waals surface area contributed by atoms with Gasteiger partial charge in [-0.25, -0.2) is 9.18 Å². The quantitative estimate of drug-likeness (QED) is 0.848. The zero-order chi connectivity index (χ0) is 15.7. The summed E-state index contributed by atoms with van der Waals surface area (Å²) in [7, 11) is 0. The number of carboxylic acids is 1. The first-order chi connectivity index (χ1) is 9.79. The molecule has 7 heteroatoms. The van der Waals surface area contributed by atoms with Gasteiger partial charge < -0.3 is 10.4 Å². The van der Waals surface area contributed by atoms with E-state index in [1.54, 1.807) is 13.8 Å². The van der Waals surface area contributed by atoms with E-state index in [1.165, 1.54) is 23.5 Å². The molecule has 0 fully saturated rings. The van der Waals surface area contributed by atoms with Gasteiger partial charge in [0.15, 0.2) is 0 Å². The van der Waals surface area contributed by atoms with E-state index in [2.05, 4.69) is 21.2 Å². The summed E-state index contributed by atoms with van der Waals surface area (Å²) < 4.78 is 13.7. The van der Waals surface area contributed by atoms with Crippen LogP contribution in [-0.2, 0) is 0 Å². The molecule has 2 N–H and O–H groups in total. The lowest BCUT2D eigenvalue weighted by molar-refractivity contribution is 0.0697. The lowest BCUT2D eigenvalue weighted by atomic mass is 10.1. The number of amides is 1. The van der Waals surface area contributed by atoms with E-state index in [4.69, 9.17) is 0 Å². The van der Waals surface area contributed by atoms with Gasteiger partial charge in [0, 0.05) is 14.9 Å². The molecule has 2 aromatic rings. The Balaban J connectivity index is 2.36. The number of halogens is 2. The van der Waals surface area contributed by atoms with E-state index in [1.807, 2.05) is 0 Å². The number of hydrogen-bond acceptors (Lipinski definition) is 3. The Kier molecular flexibility index (Phi) is 4.43. The van der Waals surface area contributed by atoms with Crippen LogP contribution in [0.15, 0.2) is 22.7 Å². The van der Waals surface area contributed by atoms with Crippen molar-refractivity contribution in [2.45, 2.75) is 13.8 Å². The van der Waals surface area contributed by atoms with Crippen LogP contribution in [0.4, 0.5) is 9.39 Å². The molecule has 0 bridgehead atoms. The number of hydrogen-bond donors (Lipinski definition) is 2. The van der Waals surface area contributed by atoms with Crippen molar-refractivity contribution in [2.24, 2.45) is 0 Å². The van der Waals surface area contributed by atoms with E-state index in [0.717, 1.165) is 10.9 Å². The number of rotatable bonds is 3. The van der Waals surface area contributed by atoms with E-state index in [0.29, 0.717) is 10.0 Å². The Bertz CT molecular complexity index is 722. The minimum absolute atomic E-state index is 0.0707. The van der Waals surface area contributed by atoms with Crippen LogP contribution in [0.3, 0.4) is 0 Å². The fourth-order valence-electron chi connectivity index (χ4n) is 1.83. The molecule has 110 valence electrons. The van der Waals surface area contributed by atoms with Crippen molar-refractivity contribution in [3.8, 4) is 0 Å². The number of aromatic carboxylic acids is 1. The highest BCUT2D eigenvalue weighted by atomic mass is 79.9. The normalized spacial score (nSPS) is 10.5. The largest absolute Gasteiger partial charge is 0.478 e. The first-order valence-electron chi connectivity index (χ1n) is 5.90. The van der Waals surface area contributed by atoms with Crippen molar-refractivity contribution in [3.63, 3.8) is 0 Å². The molecule has 0 saturated carbocycles. The number of carbonyl (C=O) groups excluding carboxylic acids is 1. The summed E-state index contributed by atoms with van der Waals surface area (Å²) in [5.41, 5.74) is 0.798. The smallest absolute Gasteiger partial charge is 0.338 e. The highest BCUT2D eigenvalue weighted by Gasteiger charge is 2.21. The van der Waals surface area contributed by atoms with Gasteiger partial charge in [-0.1, -0.05) is 15.9 Å². The molecule has 21 heavy (non-hydrogen) atoms. The Morgan fingerprint density at radius 1 is 1.29 bits per heavy atom. The molecule has 4 nitrogen and oxygen atoms in total. The molecule has 0 radical (unpaired) electrons. The predicted molar refractivity (Wildman–Crippen MR) is 82.8 cm³/mol. The zero-order valence-corrected chi connectivity index (χ0v) is 13.6. The standard InChI is InChI=1S/C14H11BrFNO3S/c1-6-7(2)21-13(11(6)14(19)20)17-12(18)8-3-9(15)5-10(16)4-8/h3-5H,1-2H3,(H,17,18)(H,19,20). The second-order valence-corrected chi connectivity index (χ2v) is 6.55. The second-order valence-electron chi connectivity index (χ2n) is 4.40. The molecule has 0 aliphatic carbocycles. The molecule has 2 rings (SSSR count). The summed E-state index contributed by atoms with van der Waals surface area (Å²) in [6, 6.07) is 3.79. The highest BCUT2D eigenvalue weighted by Crippen LogP contribution is 2.32. The maximum atomic E-state index is 13.3. The average molecular weight is 372 g/mol. The lowest BCUT2D eigenvalue weighted by Gasteiger charge is -2.05. The van der Waals surface area contributed by atoms with Crippen molar-refractivity contribution in [1.29, 1.82) is 0 Å². The molecule has 0 saturated heterocycles. The number of aryl methyl sites for hydroxylation is 1. The molecule has 1 aromatic heterocycles. The van der Waals surface area contributed by atoms with Crippen LogP contribution >= 0.6 is 27.3 Å². The maximum Gasteiger partial charge on any atom is 0.338 e. The van der Waals surface area contributed by atoms with Gasteiger partial charge in [-0.3, -0.25) is 4.79 Å². The van der Waals surface area contributed by atoms with Gasteiger partial charge in [-0.2, -0.15) is 0 Å². The van der Waals surface area contributed by atoms with Gasteiger partial charge in [0.2, 0.25) is 0 Å². The van der Waals surface area contributed by atoms with E-state index < -0.39 is 17.7 Å². The third kappa shape index (κ3) is 3.30. The van der Waals surface area contributed by atoms with Gasteiger partial charge >= 0.3 is 5.97 Å². The number of carbonyl (C=O) groups is 2. The van der Waals surface area contributed by atoms with Crippen LogP contribution in [-0.4, -0.2) is 17.0 Å². The molecule has 0 spiro atoms. The SMILES string of the molecule is Cc1sc(NC(=O)c2cc(F)cc(Br)c2)c(C(=O)O)c1C. The van der Waals surface area contributed by atoms with Crippen LogP contribution in [0.25, 0.3) is 0 Å². The number of benzene rings is 1. The number of thiophene rings is 1. The lowest BCUT2D eigenvalue weighted by Crippen LogP contribution is -2.13. The summed E-state index contributed by atoms with van der Waals surface area (Å²) in [6.45, 7) is 3.46. The predicted octanol–water partition coefficient (Wildman–Crippen LogP) is 4.22. The minimum atomic E-state index is -1.10. The van der Waals surface area contributed by atoms with E-state index in [9.17, 15) is 19.1 Å². The Morgan fingerprint density at radius 3 is 2.52 bits per heavy atom. The molecule has 0 aliphatic rings. The van der Waals surface area contributed by atoms with Crippen molar-refractivity contribution >= 4 is 44.1 Å². The first-order valence-corrected chi connectivity index (χ1v) is 7.51. The van der Waals surface area contributed by atoms with Gasteiger partial charge in [-0.05, 0) is 37.6 Å². The van der Waals surface area contributed by atoms with Crippen LogP contribution in [0.1, 0.15) is 31.2 Å². The topological polar surface area (TPSA) is 66.4 Å². The summed E-state index contributed by atoms with van der Waals surface area (Å²) >= 11 is 4.29. The van der Waals surface area contributed by atoms with Crippen molar-refractivity contribution in [3.05, 3.63) is 50.1 Å². The molecule has 1 amide bonds. The van der Waals surface area contributed by atoms with E-state index in [-0.39, 0.29) is 16.1 Å². The Hall–Kier alpha value is -1.73. The summed E-state index contributed by atoms with van der Waals surface area (Å²) in [5, 5.41) is 12.0. The number of anilines is 1. The monoisotopic (exact) mass is 371 g/mol. The maximum absolute atomic E-state index is 13.3. The van der Waals surface area contributed by atoms with E-state index >= 15 is 0 Å². The van der Waals surface area contributed by atoms with Gasteiger partial charge in [0.1, 0.15) is 10.8 Å². The van der Waals surface area contributed by atoms with Crippen molar-refractivity contribution in [2.75, 3.05) is 5.32 Å². The van der Waals surface area contributed by atoms with Crippen LogP contribution < -0.4 is 5.32 Å². The van der Waals surface area contributed by atoms with Gasteiger partial charge in [0.05, 0.1) is 5.56 Å². The highest BCUT2D eigenvalue weighted by molar-refractivity contribution is 9.10. The fraction of sp³-hybridized carbons (Fsp3) is 0.143. The number of nitrogens with one attached hydrogen (secondary N) is 1. The van der Waals surface area contributed by atoms with Crippen LogP contribution in [0.2, 0.25) is 0 Å².